The molecule has 0 saturated carbocycles. The summed E-state index contributed by atoms with van der Waals surface area (Å²) in [5.74, 6) is 0.116. The molecule has 6 heteroatoms. The number of aliphatic hydroxyl groups is 1. The number of benzene rings is 1. The number of nitrogens with zero attached hydrogens (tertiary/aromatic N) is 1. The van der Waals surface area contributed by atoms with Gasteiger partial charge in [-0.25, -0.2) is 0 Å². The number of aromatic nitrogens is 1. The molecule has 0 fully saturated rings. The Morgan fingerprint density at radius 1 is 1.08 bits per heavy atom. The lowest BCUT2D eigenvalue weighted by Gasteiger charge is -2.19. The molecule has 0 radical (unpaired) electrons. The third-order valence-corrected chi connectivity index (χ3v) is 3.81. The summed E-state index contributed by atoms with van der Waals surface area (Å²) in [6.45, 7) is -0.252. The van der Waals surface area contributed by atoms with E-state index in [0.29, 0.717) is 10.8 Å². The van der Waals surface area contributed by atoms with Crippen molar-refractivity contribution in [3.8, 4) is 0 Å². The molecule has 2 N–H and O–H groups in total. The molecule has 2 aromatic heterocycles. The lowest BCUT2D eigenvalue weighted by molar-refractivity contribution is 0.0910. The molecule has 1 amide bonds. The molecule has 5 nitrogen and oxygen atoms in total. The van der Waals surface area contributed by atoms with Gasteiger partial charge in [-0.3, -0.25) is 9.78 Å². The fourth-order valence-electron chi connectivity index (χ4n) is 2.36. The predicted octanol–water partition coefficient (Wildman–Crippen LogP) is 3.34. The fourth-order valence-corrected chi connectivity index (χ4v) is 2.48. The van der Waals surface area contributed by atoms with Crippen LogP contribution in [0.2, 0.25) is 5.02 Å². The van der Waals surface area contributed by atoms with Gasteiger partial charge in [0.05, 0.1) is 6.04 Å². The molecule has 122 valence electrons. The van der Waals surface area contributed by atoms with Crippen LogP contribution in [0.5, 0.6) is 0 Å². The Morgan fingerprint density at radius 2 is 1.75 bits per heavy atom. The van der Waals surface area contributed by atoms with Crippen molar-refractivity contribution in [1.82, 2.24) is 10.3 Å². The van der Waals surface area contributed by atoms with Crippen molar-refractivity contribution in [1.29, 1.82) is 0 Å². The summed E-state index contributed by atoms with van der Waals surface area (Å²) in [5.41, 5.74) is 1.77. The Labute approximate surface area is 143 Å². The molecule has 24 heavy (non-hydrogen) atoms. The zero-order chi connectivity index (χ0) is 16.9. The summed E-state index contributed by atoms with van der Waals surface area (Å²) < 4.78 is 5.29. The van der Waals surface area contributed by atoms with Crippen LogP contribution >= 0.6 is 11.6 Å². The standard InChI is InChI=1S/C18H15ClN2O3/c19-14-3-1-12(2-4-14)17(13-7-9-20-10-8-13)21-18(23)16-6-5-15(11-22)24-16/h1-10,17,22H,11H2,(H,21,23)/t17-/m0/s1. The topological polar surface area (TPSA) is 75.4 Å². The van der Waals surface area contributed by atoms with E-state index in [4.69, 9.17) is 21.1 Å². The molecule has 0 unspecified atom stereocenters. The van der Waals surface area contributed by atoms with E-state index in [9.17, 15) is 4.79 Å². The second kappa shape index (κ2) is 7.29. The van der Waals surface area contributed by atoms with E-state index in [1.807, 2.05) is 24.3 Å². The van der Waals surface area contributed by atoms with Gasteiger partial charge in [0.1, 0.15) is 12.4 Å². The van der Waals surface area contributed by atoms with Crippen LogP contribution in [0.3, 0.4) is 0 Å². The highest BCUT2D eigenvalue weighted by Gasteiger charge is 2.20. The van der Waals surface area contributed by atoms with Crippen molar-refractivity contribution in [3.63, 3.8) is 0 Å². The quantitative estimate of drug-likeness (QED) is 0.745. The number of carbonyl (C=O) groups excluding carboxylic acids is 1. The Hall–Kier alpha value is -2.63. The number of aliphatic hydroxyl groups excluding tert-OH is 1. The largest absolute Gasteiger partial charge is 0.453 e. The minimum atomic E-state index is -0.375. The highest BCUT2D eigenvalue weighted by atomic mass is 35.5. The van der Waals surface area contributed by atoms with Gasteiger partial charge in [-0.2, -0.15) is 0 Å². The van der Waals surface area contributed by atoms with Gasteiger partial charge in [0.2, 0.25) is 0 Å². The van der Waals surface area contributed by atoms with E-state index in [0.717, 1.165) is 11.1 Å². The molecule has 2 heterocycles. The van der Waals surface area contributed by atoms with Crippen molar-refractivity contribution in [3.05, 3.63) is 88.6 Å². The summed E-state index contributed by atoms with van der Waals surface area (Å²) in [4.78, 5) is 16.5. The van der Waals surface area contributed by atoms with Crippen molar-refractivity contribution in [2.24, 2.45) is 0 Å². The van der Waals surface area contributed by atoms with Gasteiger partial charge in [0.15, 0.2) is 5.76 Å². The average Bonchev–Trinajstić information content (AvgIpc) is 3.10. The van der Waals surface area contributed by atoms with Gasteiger partial charge in [-0.05, 0) is 47.5 Å². The van der Waals surface area contributed by atoms with E-state index < -0.39 is 0 Å². The number of halogens is 1. The SMILES string of the molecule is O=C(N[C@H](c1ccncc1)c1ccc(Cl)cc1)c1ccc(CO)o1. The number of carbonyl (C=O) groups is 1. The lowest BCUT2D eigenvalue weighted by Crippen LogP contribution is -2.29. The van der Waals surface area contributed by atoms with Crippen LogP contribution < -0.4 is 5.32 Å². The van der Waals surface area contributed by atoms with E-state index >= 15 is 0 Å². The van der Waals surface area contributed by atoms with Gasteiger partial charge in [-0.1, -0.05) is 23.7 Å². The number of hydrogen-bond donors (Lipinski definition) is 2. The molecule has 0 aliphatic rings. The summed E-state index contributed by atoms with van der Waals surface area (Å²) >= 11 is 5.95. The minimum Gasteiger partial charge on any atom is -0.453 e. The maximum absolute atomic E-state index is 12.5. The molecule has 1 atom stereocenters. The zero-order valence-corrected chi connectivity index (χ0v) is 13.4. The minimum absolute atomic E-state index is 0.145. The van der Waals surface area contributed by atoms with Gasteiger partial charge in [0.25, 0.3) is 5.91 Å². The summed E-state index contributed by atoms with van der Waals surface area (Å²) in [5, 5.41) is 12.6. The molecule has 3 rings (SSSR count). The van der Waals surface area contributed by atoms with E-state index in [1.54, 1.807) is 30.6 Å². The van der Waals surface area contributed by atoms with Crippen LogP contribution in [0.25, 0.3) is 0 Å². The lowest BCUT2D eigenvalue weighted by atomic mass is 9.99. The highest BCUT2D eigenvalue weighted by molar-refractivity contribution is 6.30. The van der Waals surface area contributed by atoms with Gasteiger partial charge >= 0.3 is 0 Å². The van der Waals surface area contributed by atoms with Crippen LogP contribution in [-0.4, -0.2) is 16.0 Å². The van der Waals surface area contributed by atoms with Crippen LogP contribution in [0.1, 0.15) is 33.5 Å². The van der Waals surface area contributed by atoms with Crippen LogP contribution in [0, 0.1) is 0 Å². The van der Waals surface area contributed by atoms with Crippen molar-refractivity contribution in [2.45, 2.75) is 12.6 Å². The summed E-state index contributed by atoms with van der Waals surface area (Å²) in [6, 6.07) is 13.7. The van der Waals surface area contributed by atoms with Crippen molar-refractivity contribution >= 4 is 17.5 Å². The first kappa shape index (κ1) is 16.2. The first-order valence-corrected chi connectivity index (χ1v) is 7.71. The summed E-state index contributed by atoms with van der Waals surface area (Å²) in [6.07, 6.45) is 3.34. The molecule has 0 spiro atoms. The molecular formula is C18H15ClN2O3. The highest BCUT2D eigenvalue weighted by Crippen LogP contribution is 2.24. The smallest absolute Gasteiger partial charge is 0.287 e. The van der Waals surface area contributed by atoms with Gasteiger partial charge in [0, 0.05) is 17.4 Å². The summed E-state index contributed by atoms with van der Waals surface area (Å²) in [7, 11) is 0. The van der Waals surface area contributed by atoms with Crippen LogP contribution in [-0.2, 0) is 6.61 Å². The first-order chi connectivity index (χ1) is 11.7. The molecule has 0 saturated heterocycles. The number of pyridine rings is 1. The predicted molar refractivity (Wildman–Crippen MR) is 89.6 cm³/mol. The molecule has 3 aromatic rings. The first-order valence-electron chi connectivity index (χ1n) is 7.33. The number of amides is 1. The Bertz CT molecular complexity index is 816. The number of furan rings is 1. The van der Waals surface area contributed by atoms with E-state index in [1.165, 1.54) is 6.07 Å². The number of nitrogens with one attached hydrogen (secondary N) is 1. The normalized spacial score (nSPS) is 11.9. The monoisotopic (exact) mass is 342 g/mol. The Balaban J connectivity index is 1.90. The van der Waals surface area contributed by atoms with Crippen molar-refractivity contribution in [2.75, 3.05) is 0 Å². The maximum Gasteiger partial charge on any atom is 0.287 e. The van der Waals surface area contributed by atoms with Gasteiger partial charge < -0.3 is 14.8 Å². The molecule has 0 aliphatic carbocycles. The van der Waals surface area contributed by atoms with Crippen molar-refractivity contribution < 1.29 is 14.3 Å². The third kappa shape index (κ3) is 3.64. The number of rotatable bonds is 5. The van der Waals surface area contributed by atoms with Gasteiger partial charge in [-0.15, -0.1) is 0 Å². The Morgan fingerprint density at radius 3 is 2.38 bits per heavy atom. The second-order valence-electron chi connectivity index (χ2n) is 5.16. The fraction of sp³-hybridized carbons (Fsp3) is 0.111. The molecule has 0 aliphatic heterocycles. The molecular weight excluding hydrogens is 328 g/mol. The van der Waals surface area contributed by atoms with Crippen LogP contribution in [0.4, 0.5) is 0 Å². The third-order valence-electron chi connectivity index (χ3n) is 3.56. The zero-order valence-electron chi connectivity index (χ0n) is 12.6. The van der Waals surface area contributed by atoms with E-state index in [2.05, 4.69) is 10.3 Å². The maximum atomic E-state index is 12.5. The molecule has 0 bridgehead atoms. The molecule has 1 aromatic carbocycles. The Kier molecular flexibility index (Phi) is 4.93. The average molecular weight is 343 g/mol. The van der Waals surface area contributed by atoms with E-state index in [-0.39, 0.29) is 24.3 Å². The second-order valence-corrected chi connectivity index (χ2v) is 5.60. The van der Waals surface area contributed by atoms with Crippen LogP contribution in [0.15, 0.2) is 65.3 Å². The number of hydrogen-bond acceptors (Lipinski definition) is 4.